The summed E-state index contributed by atoms with van der Waals surface area (Å²) in [6, 6.07) is 3.80. The SMILES string of the molecule is [SiH3]c1ccc(Cl)cn1. The van der Waals surface area contributed by atoms with E-state index in [0.717, 1.165) is 15.6 Å². The maximum Gasteiger partial charge on any atom is 0.0623 e. The Kier molecular flexibility index (Phi) is 1.65. The van der Waals surface area contributed by atoms with Crippen LogP contribution in [0.5, 0.6) is 0 Å². The Morgan fingerprint density at radius 1 is 1.50 bits per heavy atom. The zero-order valence-corrected chi connectivity index (χ0v) is 7.31. The van der Waals surface area contributed by atoms with Crippen LogP contribution in [0, 0.1) is 0 Å². The van der Waals surface area contributed by atoms with Gasteiger partial charge < -0.3 is 0 Å². The predicted molar refractivity (Wildman–Crippen MR) is 38.8 cm³/mol. The first-order valence-electron chi connectivity index (χ1n) is 2.37. The number of rotatable bonds is 0. The summed E-state index contributed by atoms with van der Waals surface area (Å²) >= 11 is 5.56. The van der Waals surface area contributed by atoms with Crippen molar-refractivity contribution >= 4 is 27.2 Å². The quantitative estimate of drug-likeness (QED) is 0.456. The van der Waals surface area contributed by atoms with Crippen molar-refractivity contribution in [1.29, 1.82) is 0 Å². The normalized spacial score (nSPS) is 9.62. The molecule has 8 heavy (non-hydrogen) atoms. The van der Waals surface area contributed by atoms with Crippen molar-refractivity contribution in [1.82, 2.24) is 4.98 Å². The van der Waals surface area contributed by atoms with Crippen molar-refractivity contribution in [3.8, 4) is 0 Å². The van der Waals surface area contributed by atoms with Crippen LogP contribution < -0.4 is 5.32 Å². The maximum absolute atomic E-state index is 5.56. The Morgan fingerprint density at radius 3 is 2.62 bits per heavy atom. The van der Waals surface area contributed by atoms with E-state index in [0.29, 0.717) is 5.02 Å². The van der Waals surface area contributed by atoms with E-state index >= 15 is 0 Å². The Balaban J connectivity index is 3.03. The van der Waals surface area contributed by atoms with Gasteiger partial charge in [-0.05, 0) is 12.1 Å². The van der Waals surface area contributed by atoms with Gasteiger partial charge in [-0.25, -0.2) is 0 Å². The minimum atomic E-state index is 0.713. The van der Waals surface area contributed by atoms with Gasteiger partial charge in [0.25, 0.3) is 0 Å². The van der Waals surface area contributed by atoms with E-state index in [-0.39, 0.29) is 0 Å². The summed E-state index contributed by atoms with van der Waals surface area (Å²) in [4.78, 5) is 4.01. The van der Waals surface area contributed by atoms with Crippen molar-refractivity contribution in [2.45, 2.75) is 0 Å². The van der Waals surface area contributed by atoms with Crippen molar-refractivity contribution in [2.75, 3.05) is 0 Å². The lowest BCUT2D eigenvalue weighted by Gasteiger charge is -1.87. The molecule has 0 N–H and O–H groups in total. The van der Waals surface area contributed by atoms with Gasteiger partial charge in [0.15, 0.2) is 0 Å². The Hall–Kier alpha value is -0.343. The molecule has 1 heterocycles. The summed E-state index contributed by atoms with van der Waals surface area (Å²) < 4.78 is 0. The lowest BCUT2D eigenvalue weighted by atomic mass is 10.5. The van der Waals surface area contributed by atoms with E-state index in [2.05, 4.69) is 4.98 Å². The van der Waals surface area contributed by atoms with Gasteiger partial charge in [-0.15, -0.1) is 0 Å². The minimum absolute atomic E-state index is 0.713. The number of pyridine rings is 1. The number of nitrogens with zero attached hydrogens (tertiary/aromatic N) is 1. The third kappa shape index (κ3) is 1.32. The average molecular weight is 144 g/mol. The minimum Gasteiger partial charge on any atom is -0.266 e. The van der Waals surface area contributed by atoms with Crippen LogP contribution in [0.15, 0.2) is 18.3 Å². The van der Waals surface area contributed by atoms with Gasteiger partial charge in [0.1, 0.15) is 0 Å². The fraction of sp³-hybridized carbons (Fsp3) is 0. The van der Waals surface area contributed by atoms with E-state index in [4.69, 9.17) is 11.6 Å². The highest BCUT2D eigenvalue weighted by molar-refractivity contribution is 6.32. The molecule has 0 saturated heterocycles. The number of hydrogen-bond acceptors (Lipinski definition) is 1. The molecule has 0 amide bonds. The molecule has 42 valence electrons. The summed E-state index contributed by atoms with van der Waals surface area (Å²) in [7, 11) is 1.00. The van der Waals surface area contributed by atoms with Gasteiger partial charge in [-0.3, -0.25) is 4.98 Å². The fourth-order valence-electron chi connectivity index (χ4n) is 0.450. The molecule has 0 aromatic carbocycles. The first-order chi connectivity index (χ1) is 3.79. The highest BCUT2D eigenvalue weighted by Crippen LogP contribution is 2.00. The molecule has 1 aromatic rings. The van der Waals surface area contributed by atoms with Crippen molar-refractivity contribution in [2.24, 2.45) is 0 Å². The van der Waals surface area contributed by atoms with Crippen LogP contribution in [0.4, 0.5) is 0 Å². The molecule has 0 spiro atoms. The third-order valence-corrected chi connectivity index (χ3v) is 1.69. The molecule has 0 fully saturated rings. The summed E-state index contributed by atoms with van der Waals surface area (Å²) in [5.74, 6) is 0. The Bertz CT molecular complexity index is 151. The van der Waals surface area contributed by atoms with Crippen LogP contribution in [0.25, 0.3) is 0 Å². The molecular weight excluding hydrogens is 138 g/mol. The van der Waals surface area contributed by atoms with Gasteiger partial charge in [0, 0.05) is 11.5 Å². The van der Waals surface area contributed by atoms with Gasteiger partial charge in [-0.2, -0.15) is 0 Å². The second-order valence-electron chi connectivity index (χ2n) is 1.62. The molecule has 1 nitrogen and oxygen atoms in total. The molecule has 0 saturated carbocycles. The zero-order chi connectivity index (χ0) is 5.98. The molecule has 0 radical (unpaired) electrons. The number of halogens is 1. The highest BCUT2D eigenvalue weighted by Gasteiger charge is 1.83. The number of aromatic nitrogens is 1. The highest BCUT2D eigenvalue weighted by atomic mass is 35.5. The van der Waals surface area contributed by atoms with Crippen molar-refractivity contribution in [3.05, 3.63) is 23.4 Å². The second kappa shape index (κ2) is 2.28. The third-order valence-electron chi connectivity index (χ3n) is 0.875. The largest absolute Gasteiger partial charge is 0.266 e. The van der Waals surface area contributed by atoms with Gasteiger partial charge in [-0.1, -0.05) is 11.6 Å². The molecule has 0 atom stereocenters. The van der Waals surface area contributed by atoms with Crippen LogP contribution in [0.3, 0.4) is 0 Å². The summed E-state index contributed by atoms with van der Waals surface area (Å²) in [5.41, 5.74) is 0. The molecule has 1 aromatic heterocycles. The Labute approximate surface area is 56.1 Å². The molecular formula is C5H6ClNSi. The predicted octanol–water partition coefficient (Wildman–Crippen LogP) is -0.274. The van der Waals surface area contributed by atoms with Crippen LogP contribution in [-0.2, 0) is 0 Å². The molecule has 0 unspecified atom stereocenters. The smallest absolute Gasteiger partial charge is 0.0623 e. The maximum atomic E-state index is 5.56. The van der Waals surface area contributed by atoms with Crippen molar-refractivity contribution in [3.63, 3.8) is 0 Å². The van der Waals surface area contributed by atoms with Crippen LogP contribution >= 0.6 is 11.6 Å². The number of hydrogen-bond donors (Lipinski definition) is 0. The monoisotopic (exact) mass is 143 g/mol. The van der Waals surface area contributed by atoms with Crippen LogP contribution in [0.1, 0.15) is 0 Å². The van der Waals surface area contributed by atoms with Gasteiger partial charge in [0.2, 0.25) is 0 Å². The lowest BCUT2D eigenvalue weighted by molar-refractivity contribution is 1.39. The van der Waals surface area contributed by atoms with E-state index in [1.54, 1.807) is 6.20 Å². The second-order valence-corrected chi connectivity index (χ2v) is 3.08. The van der Waals surface area contributed by atoms with Crippen molar-refractivity contribution < 1.29 is 0 Å². The zero-order valence-electron chi connectivity index (χ0n) is 4.56. The first-order valence-corrected chi connectivity index (χ1v) is 3.75. The van der Waals surface area contributed by atoms with Crippen LogP contribution in [-0.4, -0.2) is 15.2 Å². The van der Waals surface area contributed by atoms with E-state index in [1.807, 2.05) is 12.1 Å². The Morgan fingerprint density at radius 2 is 2.25 bits per heavy atom. The first kappa shape index (κ1) is 5.79. The van der Waals surface area contributed by atoms with Crippen LogP contribution in [0.2, 0.25) is 5.02 Å². The van der Waals surface area contributed by atoms with Gasteiger partial charge >= 0.3 is 0 Å². The summed E-state index contributed by atoms with van der Waals surface area (Å²) in [5, 5.41) is 1.85. The van der Waals surface area contributed by atoms with E-state index in [1.165, 1.54) is 0 Å². The molecule has 1 rings (SSSR count). The molecule has 3 heteroatoms. The molecule has 0 aliphatic carbocycles. The summed E-state index contributed by atoms with van der Waals surface area (Å²) in [6.45, 7) is 0. The molecule has 0 aliphatic heterocycles. The molecule has 0 aliphatic rings. The standard InChI is InChI=1S/C5H6ClNSi/c6-4-1-2-5(8)7-3-4/h1-3H,8H3. The van der Waals surface area contributed by atoms with Gasteiger partial charge in [0.05, 0.1) is 15.3 Å². The van der Waals surface area contributed by atoms with E-state index in [9.17, 15) is 0 Å². The lowest BCUT2D eigenvalue weighted by Crippen LogP contribution is -2.04. The van der Waals surface area contributed by atoms with E-state index < -0.39 is 0 Å². The molecule has 0 bridgehead atoms. The average Bonchev–Trinajstić information content (AvgIpc) is 1.77. The topological polar surface area (TPSA) is 12.9 Å². The summed E-state index contributed by atoms with van der Waals surface area (Å²) in [6.07, 6.45) is 1.67. The fourth-order valence-corrected chi connectivity index (χ4v) is 0.857.